The second-order valence-corrected chi connectivity index (χ2v) is 2.99. The summed E-state index contributed by atoms with van der Waals surface area (Å²) in [6.45, 7) is 0. The number of carbonyl (C=O) groups is 1. The van der Waals surface area contributed by atoms with Gasteiger partial charge in [0.15, 0.2) is 0 Å². The van der Waals surface area contributed by atoms with Gasteiger partial charge in [-0.2, -0.15) is 0 Å². The van der Waals surface area contributed by atoms with Crippen molar-refractivity contribution in [2.75, 3.05) is 14.1 Å². The maximum Gasteiger partial charge on any atom is 0.254 e. The average Bonchev–Trinajstić information content (AvgIpc) is 2.47. The molecular weight excluding hydrogens is 130 g/mol. The first kappa shape index (κ1) is 7.50. The predicted molar refractivity (Wildman–Crippen MR) is 38.0 cm³/mol. The summed E-state index contributed by atoms with van der Waals surface area (Å²) in [5, 5.41) is 1.61. The molecule has 0 heterocycles. The average molecular weight is 143 g/mol. The summed E-state index contributed by atoms with van der Waals surface area (Å²) in [5.74, 6) is -0.0718. The molecule has 4 heteroatoms. The van der Waals surface area contributed by atoms with Gasteiger partial charge in [0, 0.05) is 14.1 Å². The number of hydrogen-bond acceptors (Lipinski definition) is 3. The molecule has 0 spiro atoms. The molecule has 0 radical (unpaired) electrons. The first-order valence-corrected chi connectivity index (χ1v) is 3.32. The lowest BCUT2D eigenvalue weighted by atomic mass is 10.3. The van der Waals surface area contributed by atoms with Crippen molar-refractivity contribution in [1.82, 2.24) is 10.4 Å². The molecule has 10 heavy (non-hydrogen) atoms. The highest BCUT2D eigenvalue weighted by molar-refractivity contribution is 5.88. The number of nitrogens with zero attached hydrogens (tertiary/aromatic N) is 1. The molecule has 1 amide bonds. The van der Waals surface area contributed by atoms with E-state index >= 15 is 0 Å². The molecule has 1 fully saturated rings. The van der Waals surface area contributed by atoms with Crippen molar-refractivity contribution in [3.05, 3.63) is 0 Å². The molecule has 0 aromatic heterocycles. The SMILES string of the molecule is CN(C)NC(=O)C1(N)CC1. The van der Waals surface area contributed by atoms with Gasteiger partial charge in [-0.15, -0.1) is 0 Å². The first-order valence-electron chi connectivity index (χ1n) is 3.32. The number of amides is 1. The summed E-state index contributed by atoms with van der Waals surface area (Å²) in [4.78, 5) is 11.1. The Morgan fingerprint density at radius 1 is 1.60 bits per heavy atom. The third-order valence-corrected chi connectivity index (χ3v) is 1.57. The molecule has 1 aliphatic rings. The Balaban J connectivity index is 2.35. The van der Waals surface area contributed by atoms with Crippen LogP contribution < -0.4 is 11.2 Å². The highest BCUT2D eigenvalue weighted by Crippen LogP contribution is 2.31. The van der Waals surface area contributed by atoms with Crippen LogP contribution in [0.1, 0.15) is 12.8 Å². The Morgan fingerprint density at radius 2 is 2.10 bits per heavy atom. The van der Waals surface area contributed by atoms with Crippen molar-refractivity contribution in [3.8, 4) is 0 Å². The van der Waals surface area contributed by atoms with Gasteiger partial charge in [-0.1, -0.05) is 0 Å². The lowest BCUT2D eigenvalue weighted by Gasteiger charge is -2.14. The van der Waals surface area contributed by atoms with Crippen molar-refractivity contribution in [2.45, 2.75) is 18.4 Å². The fourth-order valence-electron chi connectivity index (χ4n) is 0.676. The molecule has 4 nitrogen and oxygen atoms in total. The smallest absolute Gasteiger partial charge is 0.254 e. The Hall–Kier alpha value is -0.610. The summed E-state index contributed by atoms with van der Waals surface area (Å²) < 4.78 is 0. The topological polar surface area (TPSA) is 58.4 Å². The lowest BCUT2D eigenvalue weighted by Crippen LogP contribution is -2.48. The van der Waals surface area contributed by atoms with E-state index in [-0.39, 0.29) is 5.91 Å². The summed E-state index contributed by atoms with van der Waals surface area (Å²) in [6.07, 6.45) is 1.62. The van der Waals surface area contributed by atoms with Gasteiger partial charge in [-0.25, -0.2) is 5.01 Å². The molecule has 0 bridgehead atoms. The van der Waals surface area contributed by atoms with E-state index in [1.165, 1.54) is 0 Å². The van der Waals surface area contributed by atoms with Crippen LogP contribution in [0.4, 0.5) is 0 Å². The molecule has 0 aromatic rings. The molecule has 1 saturated carbocycles. The van der Waals surface area contributed by atoms with Gasteiger partial charge >= 0.3 is 0 Å². The minimum absolute atomic E-state index is 0.0718. The Kier molecular flexibility index (Phi) is 1.66. The zero-order valence-electron chi connectivity index (χ0n) is 6.35. The molecule has 0 unspecified atom stereocenters. The van der Waals surface area contributed by atoms with Crippen molar-refractivity contribution in [2.24, 2.45) is 5.73 Å². The van der Waals surface area contributed by atoms with E-state index in [2.05, 4.69) is 5.43 Å². The van der Waals surface area contributed by atoms with Crippen LogP contribution >= 0.6 is 0 Å². The summed E-state index contributed by atoms with van der Waals surface area (Å²) in [6, 6.07) is 0. The third-order valence-electron chi connectivity index (χ3n) is 1.57. The van der Waals surface area contributed by atoms with E-state index in [4.69, 9.17) is 5.73 Å². The van der Waals surface area contributed by atoms with Crippen LogP contribution in [0.25, 0.3) is 0 Å². The Labute approximate surface area is 60.3 Å². The van der Waals surface area contributed by atoms with Crippen molar-refractivity contribution in [3.63, 3.8) is 0 Å². The van der Waals surface area contributed by atoms with Gasteiger partial charge in [0.2, 0.25) is 0 Å². The highest BCUT2D eigenvalue weighted by atomic mass is 16.2. The van der Waals surface area contributed by atoms with Gasteiger partial charge < -0.3 is 5.73 Å². The summed E-state index contributed by atoms with van der Waals surface area (Å²) in [7, 11) is 3.54. The minimum Gasteiger partial charge on any atom is -0.317 e. The van der Waals surface area contributed by atoms with E-state index in [9.17, 15) is 4.79 Å². The van der Waals surface area contributed by atoms with Gasteiger partial charge in [0.05, 0.1) is 5.54 Å². The van der Waals surface area contributed by atoms with Crippen LogP contribution in [-0.4, -0.2) is 30.6 Å². The highest BCUT2D eigenvalue weighted by Gasteiger charge is 2.46. The standard InChI is InChI=1S/C6H13N3O/c1-9(2)8-5(10)6(7)3-4-6/h3-4,7H2,1-2H3,(H,8,10). The Morgan fingerprint density at radius 3 is 2.40 bits per heavy atom. The minimum atomic E-state index is -0.551. The summed E-state index contributed by atoms with van der Waals surface area (Å²) >= 11 is 0. The van der Waals surface area contributed by atoms with E-state index in [1.54, 1.807) is 19.1 Å². The van der Waals surface area contributed by atoms with E-state index in [0.29, 0.717) is 0 Å². The van der Waals surface area contributed by atoms with Crippen LogP contribution in [0.15, 0.2) is 0 Å². The van der Waals surface area contributed by atoms with Crippen molar-refractivity contribution < 1.29 is 4.79 Å². The third kappa shape index (κ3) is 1.46. The van der Waals surface area contributed by atoms with Gasteiger partial charge in [-0.05, 0) is 12.8 Å². The van der Waals surface area contributed by atoms with Crippen LogP contribution in [0.5, 0.6) is 0 Å². The predicted octanol–water partition coefficient (Wildman–Crippen LogP) is -0.929. The van der Waals surface area contributed by atoms with E-state index in [0.717, 1.165) is 12.8 Å². The molecule has 1 aliphatic carbocycles. The van der Waals surface area contributed by atoms with E-state index in [1.807, 2.05) is 0 Å². The van der Waals surface area contributed by atoms with Crippen LogP contribution in [0.3, 0.4) is 0 Å². The van der Waals surface area contributed by atoms with Crippen LogP contribution in [0.2, 0.25) is 0 Å². The quantitative estimate of drug-likeness (QED) is 0.491. The maximum absolute atomic E-state index is 11.1. The summed E-state index contributed by atoms with van der Waals surface area (Å²) in [5.41, 5.74) is 7.66. The van der Waals surface area contributed by atoms with Gasteiger partial charge in [0.1, 0.15) is 0 Å². The largest absolute Gasteiger partial charge is 0.317 e. The lowest BCUT2D eigenvalue weighted by molar-refractivity contribution is -0.127. The number of nitrogens with one attached hydrogen (secondary N) is 1. The molecule has 3 N–H and O–H groups in total. The number of nitrogens with two attached hydrogens (primary N) is 1. The van der Waals surface area contributed by atoms with E-state index < -0.39 is 5.54 Å². The zero-order valence-corrected chi connectivity index (χ0v) is 6.35. The molecule has 0 aliphatic heterocycles. The van der Waals surface area contributed by atoms with Gasteiger partial charge in [0.25, 0.3) is 5.91 Å². The number of hydrazine groups is 1. The number of rotatable bonds is 2. The number of hydrogen-bond donors (Lipinski definition) is 2. The number of carbonyl (C=O) groups excluding carboxylic acids is 1. The second kappa shape index (κ2) is 2.21. The monoisotopic (exact) mass is 143 g/mol. The molecule has 58 valence electrons. The van der Waals surface area contributed by atoms with Gasteiger partial charge in [-0.3, -0.25) is 10.2 Å². The zero-order chi connectivity index (χ0) is 7.78. The molecule has 0 saturated heterocycles. The Bertz CT molecular complexity index is 151. The molecule has 0 aromatic carbocycles. The maximum atomic E-state index is 11.1. The fourth-order valence-corrected chi connectivity index (χ4v) is 0.676. The fraction of sp³-hybridized carbons (Fsp3) is 0.833. The molecular formula is C6H13N3O. The van der Waals surface area contributed by atoms with Crippen LogP contribution in [0, 0.1) is 0 Å². The van der Waals surface area contributed by atoms with Crippen molar-refractivity contribution in [1.29, 1.82) is 0 Å². The second-order valence-electron chi connectivity index (χ2n) is 2.99. The first-order chi connectivity index (χ1) is 4.54. The molecule has 0 atom stereocenters. The normalized spacial score (nSPS) is 20.8. The molecule has 1 rings (SSSR count). The van der Waals surface area contributed by atoms with Crippen LogP contribution in [-0.2, 0) is 4.79 Å². The van der Waals surface area contributed by atoms with Crippen molar-refractivity contribution >= 4 is 5.91 Å².